The number of carbonyl (C=O) groups is 1. The van der Waals surface area contributed by atoms with Gasteiger partial charge in [0.15, 0.2) is 0 Å². The van der Waals surface area contributed by atoms with Crippen molar-refractivity contribution < 1.29 is 9.90 Å². The molecule has 0 aliphatic heterocycles. The van der Waals surface area contributed by atoms with Crippen LogP contribution in [0.3, 0.4) is 0 Å². The van der Waals surface area contributed by atoms with Crippen LogP contribution in [0.15, 0.2) is 0 Å². The van der Waals surface area contributed by atoms with Gasteiger partial charge in [0.2, 0.25) is 0 Å². The van der Waals surface area contributed by atoms with Crippen molar-refractivity contribution in [2.24, 2.45) is 5.41 Å². The summed E-state index contributed by atoms with van der Waals surface area (Å²) in [6.07, 6.45) is 0.871. The molecule has 0 bridgehead atoms. The fraction of sp³-hybridized carbons (Fsp3) is 0.714. The van der Waals surface area contributed by atoms with E-state index in [1.807, 2.05) is 13.8 Å². The van der Waals surface area contributed by atoms with Crippen LogP contribution < -0.4 is 0 Å². The molecule has 0 aliphatic rings. The van der Waals surface area contributed by atoms with E-state index in [0.717, 1.165) is 0 Å². The summed E-state index contributed by atoms with van der Waals surface area (Å²) >= 11 is 0. The molecule has 0 spiro atoms. The third-order valence-corrected chi connectivity index (χ3v) is 1.31. The van der Waals surface area contributed by atoms with Gasteiger partial charge >= 0.3 is 5.97 Å². The zero-order valence-electron chi connectivity index (χ0n) is 5.98. The lowest BCUT2D eigenvalue weighted by atomic mass is 9.87. The lowest BCUT2D eigenvalue weighted by Crippen LogP contribution is -2.15. The average Bonchev–Trinajstić information content (AvgIpc) is 1.63. The summed E-state index contributed by atoms with van der Waals surface area (Å²) in [4.78, 5) is 10.1. The van der Waals surface area contributed by atoms with Crippen molar-refractivity contribution in [1.82, 2.24) is 0 Å². The highest BCUT2D eigenvalue weighted by molar-refractivity contribution is 5.67. The van der Waals surface area contributed by atoms with Gasteiger partial charge in [0, 0.05) is 0 Å². The first-order valence-electron chi connectivity index (χ1n) is 2.99. The third kappa shape index (κ3) is 4.01. The third-order valence-electron chi connectivity index (χ3n) is 1.31. The molecule has 53 valence electrons. The molecule has 1 radical (unpaired) electrons. The van der Waals surface area contributed by atoms with E-state index in [0.29, 0.717) is 6.42 Å². The first-order valence-corrected chi connectivity index (χ1v) is 2.99. The Labute approximate surface area is 55.9 Å². The molecule has 9 heavy (non-hydrogen) atoms. The maximum Gasteiger partial charge on any atom is 0.303 e. The summed E-state index contributed by atoms with van der Waals surface area (Å²) in [7, 11) is 0. The van der Waals surface area contributed by atoms with Crippen molar-refractivity contribution in [1.29, 1.82) is 0 Å². The highest BCUT2D eigenvalue weighted by atomic mass is 16.4. The second-order valence-electron chi connectivity index (χ2n) is 2.98. The topological polar surface area (TPSA) is 37.3 Å². The maximum absolute atomic E-state index is 10.1. The van der Waals surface area contributed by atoms with Gasteiger partial charge in [-0.05, 0) is 11.8 Å². The van der Waals surface area contributed by atoms with Crippen LogP contribution in [0.5, 0.6) is 0 Å². The van der Waals surface area contributed by atoms with E-state index in [-0.39, 0.29) is 11.8 Å². The van der Waals surface area contributed by atoms with E-state index < -0.39 is 5.97 Å². The molecule has 0 saturated heterocycles. The second kappa shape index (κ2) is 2.85. The summed E-state index contributed by atoms with van der Waals surface area (Å²) in [5, 5.41) is 8.35. The molecule has 0 atom stereocenters. The van der Waals surface area contributed by atoms with E-state index in [9.17, 15) is 4.79 Å². The van der Waals surface area contributed by atoms with E-state index in [1.165, 1.54) is 0 Å². The van der Waals surface area contributed by atoms with Crippen molar-refractivity contribution in [2.45, 2.75) is 26.7 Å². The lowest BCUT2D eigenvalue weighted by Gasteiger charge is -2.18. The molecule has 0 aliphatic carbocycles. The van der Waals surface area contributed by atoms with E-state index in [4.69, 9.17) is 5.11 Å². The van der Waals surface area contributed by atoms with Crippen LogP contribution >= 0.6 is 0 Å². The van der Waals surface area contributed by atoms with Gasteiger partial charge in [0.25, 0.3) is 0 Å². The molecule has 0 aromatic carbocycles. The molecule has 2 heteroatoms. The predicted molar refractivity (Wildman–Crippen MR) is 36.0 cm³/mol. The van der Waals surface area contributed by atoms with Crippen molar-refractivity contribution >= 4 is 5.97 Å². The Balaban J connectivity index is 3.71. The molecule has 0 rings (SSSR count). The Morgan fingerprint density at radius 2 is 2.11 bits per heavy atom. The zero-order chi connectivity index (χ0) is 7.49. The smallest absolute Gasteiger partial charge is 0.303 e. The van der Waals surface area contributed by atoms with E-state index in [2.05, 4.69) is 6.92 Å². The number of rotatable bonds is 3. The Kier molecular flexibility index (Phi) is 2.68. The van der Waals surface area contributed by atoms with Gasteiger partial charge in [-0.15, -0.1) is 0 Å². The van der Waals surface area contributed by atoms with Gasteiger partial charge < -0.3 is 5.11 Å². The highest BCUT2D eigenvalue weighted by Crippen LogP contribution is 2.23. The first-order chi connectivity index (χ1) is 3.98. The molecule has 0 heterocycles. The van der Waals surface area contributed by atoms with Crippen LogP contribution in [0, 0.1) is 12.3 Å². The molecular formula is C7H13O2. The summed E-state index contributed by atoms with van der Waals surface area (Å²) in [5.41, 5.74) is -0.147. The minimum atomic E-state index is -0.747. The van der Waals surface area contributed by atoms with E-state index >= 15 is 0 Å². The zero-order valence-corrected chi connectivity index (χ0v) is 5.98. The standard InChI is InChI=1S/C7H13O2/c1-4-7(2,3)5-6(8)9/h1,4-5H2,2-3H3,(H,8,9). The summed E-state index contributed by atoms with van der Waals surface area (Å²) < 4.78 is 0. The van der Waals surface area contributed by atoms with Crippen LogP contribution in [-0.2, 0) is 4.79 Å². The minimum Gasteiger partial charge on any atom is -0.481 e. The largest absolute Gasteiger partial charge is 0.481 e. The van der Waals surface area contributed by atoms with Gasteiger partial charge in [0.1, 0.15) is 0 Å². The molecule has 2 nitrogen and oxygen atoms in total. The molecule has 0 saturated carbocycles. The minimum absolute atomic E-state index is 0.147. The molecule has 1 N–H and O–H groups in total. The number of carboxylic acids is 1. The fourth-order valence-corrected chi connectivity index (χ4v) is 0.498. The normalized spacial score (nSPS) is 11.4. The summed E-state index contributed by atoms with van der Waals surface area (Å²) in [6.45, 7) is 7.44. The van der Waals surface area contributed by atoms with Gasteiger partial charge in [-0.2, -0.15) is 0 Å². The Bertz CT molecular complexity index is 105. The Morgan fingerprint density at radius 3 is 2.22 bits per heavy atom. The molecule has 0 unspecified atom stereocenters. The Morgan fingerprint density at radius 1 is 1.67 bits per heavy atom. The molecule has 0 aromatic rings. The number of carboxylic acid groups (broad SMARTS) is 1. The van der Waals surface area contributed by atoms with Gasteiger partial charge in [-0.3, -0.25) is 4.79 Å². The van der Waals surface area contributed by atoms with Gasteiger partial charge in [0.05, 0.1) is 6.42 Å². The molecule has 0 aromatic heterocycles. The quantitative estimate of drug-likeness (QED) is 0.629. The maximum atomic E-state index is 10.1. The SMILES string of the molecule is [CH2]CC(C)(C)CC(=O)O. The van der Waals surface area contributed by atoms with Crippen LogP contribution in [0.4, 0.5) is 0 Å². The van der Waals surface area contributed by atoms with Crippen LogP contribution in [0.2, 0.25) is 0 Å². The number of aliphatic carboxylic acids is 1. The predicted octanol–water partition coefficient (Wildman–Crippen LogP) is 1.71. The molecule has 0 amide bonds. The highest BCUT2D eigenvalue weighted by Gasteiger charge is 2.18. The second-order valence-corrected chi connectivity index (χ2v) is 2.98. The van der Waals surface area contributed by atoms with Crippen molar-refractivity contribution in [3.63, 3.8) is 0 Å². The number of hydrogen-bond donors (Lipinski definition) is 1. The first kappa shape index (κ1) is 8.47. The average molecular weight is 129 g/mol. The number of hydrogen-bond acceptors (Lipinski definition) is 1. The lowest BCUT2D eigenvalue weighted by molar-refractivity contribution is -0.139. The van der Waals surface area contributed by atoms with Gasteiger partial charge in [-0.25, -0.2) is 0 Å². The van der Waals surface area contributed by atoms with Crippen LogP contribution in [0.1, 0.15) is 26.7 Å². The monoisotopic (exact) mass is 129 g/mol. The van der Waals surface area contributed by atoms with Crippen LogP contribution in [0.25, 0.3) is 0 Å². The van der Waals surface area contributed by atoms with Gasteiger partial charge in [-0.1, -0.05) is 20.8 Å². The summed E-state index contributed by atoms with van der Waals surface area (Å²) in [6, 6.07) is 0. The fourth-order valence-electron chi connectivity index (χ4n) is 0.498. The van der Waals surface area contributed by atoms with E-state index in [1.54, 1.807) is 0 Å². The van der Waals surface area contributed by atoms with Crippen molar-refractivity contribution in [3.05, 3.63) is 6.92 Å². The van der Waals surface area contributed by atoms with Crippen LogP contribution in [-0.4, -0.2) is 11.1 Å². The summed E-state index contributed by atoms with van der Waals surface area (Å²) in [5.74, 6) is -0.747. The van der Waals surface area contributed by atoms with Crippen molar-refractivity contribution in [3.8, 4) is 0 Å². The molecular weight excluding hydrogens is 116 g/mol. The molecule has 0 fully saturated rings. The Hall–Kier alpha value is -0.530. The van der Waals surface area contributed by atoms with Crippen molar-refractivity contribution in [2.75, 3.05) is 0 Å².